The van der Waals surface area contributed by atoms with Gasteiger partial charge in [0.25, 0.3) is 0 Å². The zero-order valence-electron chi connectivity index (χ0n) is 11.1. The van der Waals surface area contributed by atoms with Crippen molar-refractivity contribution >= 4 is 17.6 Å². The molecule has 19 heavy (non-hydrogen) atoms. The first kappa shape index (κ1) is 14.7. The van der Waals surface area contributed by atoms with Crippen molar-refractivity contribution in [2.75, 3.05) is 11.9 Å². The largest absolute Gasteiger partial charge is 0.462 e. The Bertz CT molecular complexity index is 504. The number of rotatable bonds is 5. The number of amides is 1. The highest BCUT2D eigenvalue weighted by Crippen LogP contribution is 2.11. The number of anilines is 1. The molecule has 0 saturated heterocycles. The van der Waals surface area contributed by atoms with Crippen LogP contribution in [-0.2, 0) is 9.53 Å². The van der Waals surface area contributed by atoms with Gasteiger partial charge in [-0.2, -0.15) is 0 Å². The number of allylic oxidation sites excluding steroid dienone is 3. The lowest BCUT2D eigenvalue weighted by atomic mass is 10.2. The summed E-state index contributed by atoms with van der Waals surface area (Å²) in [5.41, 5.74) is 0.970. The summed E-state index contributed by atoms with van der Waals surface area (Å²) in [6, 6.07) is 6.63. The SMILES string of the molecule is C/C=C/C=C/C(=O)Nc1cccc(C(=O)OCC)c1. The van der Waals surface area contributed by atoms with Gasteiger partial charge in [-0.1, -0.05) is 24.3 Å². The van der Waals surface area contributed by atoms with Crippen molar-refractivity contribution < 1.29 is 14.3 Å². The molecule has 1 amide bonds. The Kier molecular flexibility index (Phi) is 6.09. The minimum Gasteiger partial charge on any atom is -0.462 e. The van der Waals surface area contributed by atoms with Gasteiger partial charge in [-0.3, -0.25) is 4.79 Å². The Hall–Kier alpha value is -2.36. The zero-order valence-corrected chi connectivity index (χ0v) is 11.1. The second-order valence-corrected chi connectivity index (χ2v) is 3.68. The monoisotopic (exact) mass is 259 g/mol. The van der Waals surface area contributed by atoms with Crippen molar-refractivity contribution in [1.29, 1.82) is 0 Å². The number of nitrogens with one attached hydrogen (secondary N) is 1. The molecule has 0 saturated carbocycles. The maximum Gasteiger partial charge on any atom is 0.338 e. The lowest BCUT2D eigenvalue weighted by Crippen LogP contribution is -2.09. The van der Waals surface area contributed by atoms with Gasteiger partial charge in [0.1, 0.15) is 0 Å². The van der Waals surface area contributed by atoms with Crippen LogP contribution in [0.2, 0.25) is 0 Å². The predicted molar refractivity (Wildman–Crippen MR) is 75.0 cm³/mol. The molecule has 1 N–H and O–H groups in total. The summed E-state index contributed by atoms with van der Waals surface area (Å²) in [5, 5.41) is 2.67. The molecular weight excluding hydrogens is 242 g/mol. The molecule has 0 atom stereocenters. The number of carbonyl (C=O) groups is 2. The van der Waals surface area contributed by atoms with Gasteiger partial charge in [0, 0.05) is 11.8 Å². The molecule has 0 heterocycles. The van der Waals surface area contributed by atoms with Crippen molar-refractivity contribution in [1.82, 2.24) is 0 Å². The molecule has 1 aromatic rings. The van der Waals surface area contributed by atoms with Crippen LogP contribution in [0.3, 0.4) is 0 Å². The van der Waals surface area contributed by atoms with E-state index in [0.717, 1.165) is 0 Å². The smallest absolute Gasteiger partial charge is 0.338 e. The van der Waals surface area contributed by atoms with E-state index in [9.17, 15) is 9.59 Å². The molecule has 4 nitrogen and oxygen atoms in total. The third-order valence-corrected chi connectivity index (χ3v) is 2.19. The molecule has 0 unspecified atom stereocenters. The Morgan fingerprint density at radius 1 is 1.32 bits per heavy atom. The molecule has 0 aliphatic heterocycles. The summed E-state index contributed by atoms with van der Waals surface area (Å²) in [4.78, 5) is 23.1. The lowest BCUT2D eigenvalue weighted by Gasteiger charge is -2.05. The van der Waals surface area contributed by atoms with Gasteiger partial charge in [-0.15, -0.1) is 0 Å². The fourth-order valence-corrected chi connectivity index (χ4v) is 1.38. The molecule has 0 radical (unpaired) electrons. The first-order valence-electron chi connectivity index (χ1n) is 6.05. The number of hydrogen-bond donors (Lipinski definition) is 1. The van der Waals surface area contributed by atoms with Gasteiger partial charge in [-0.25, -0.2) is 4.79 Å². The fraction of sp³-hybridized carbons (Fsp3) is 0.200. The van der Waals surface area contributed by atoms with Crippen LogP contribution in [0.25, 0.3) is 0 Å². The zero-order chi connectivity index (χ0) is 14.1. The Balaban J connectivity index is 2.72. The molecular formula is C15H17NO3. The van der Waals surface area contributed by atoms with E-state index < -0.39 is 5.97 Å². The Labute approximate surface area is 112 Å². The highest BCUT2D eigenvalue weighted by atomic mass is 16.5. The number of hydrogen-bond acceptors (Lipinski definition) is 3. The van der Waals surface area contributed by atoms with Crippen LogP contribution in [0, 0.1) is 0 Å². The van der Waals surface area contributed by atoms with Crippen LogP contribution in [0.1, 0.15) is 24.2 Å². The van der Waals surface area contributed by atoms with Crippen molar-refractivity contribution in [3.8, 4) is 0 Å². The first-order valence-corrected chi connectivity index (χ1v) is 6.05. The van der Waals surface area contributed by atoms with Crippen LogP contribution in [0.15, 0.2) is 48.6 Å². The van der Waals surface area contributed by atoms with Crippen molar-refractivity contribution in [2.45, 2.75) is 13.8 Å². The molecule has 1 rings (SSSR count). The summed E-state index contributed by atoms with van der Waals surface area (Å²) < 4.78 is 4.89. The molecule has 0 aliphatic rings. The van der Waals surface area contributed by atoms with Crippen LogP contribution < -0.4 is 5.32 Å². The molecule has 0 aliphatic carbocycles. The summed E-state index contributed by atoms with van der Waals surface area (Å²) in [6.07, 6.45) is 6.64. The topological polar surface area (TPSA) is 55.4 Å². The Morgan fingerprint density at radius 3 is 2.79 bits per heavy atom. The summed E-state index contributed by atoms with van der Waals surface area (Å²) >= 11 is 0. The van der Waals surface area contributed by atoms with E-state index in [0.29, 0.717) is 17.9 Å². The predicted octanol–water partition coefficient (Wildman–Crippen LogP) is 2.93. The van der Waals surface area contributed by atoms with E-state index in [4.69, 9.17) is 4.74 Å². The van der Waals surface area contributed by atoms with E-state index in [2.05, 4.69) is 5.32 Å². The standard InChI is InChI=1S/C15H17NO3/c1-3-5-6-10-14(17)16-13-9-7-8-12(11-13)15(18)19-4-2/h3,5-11H,4H2,1-2H3,(H,16,17)/b5-3+,10-6+. The molecule has 1 aromatic carbocycles. The third kappa shape index (κ3) is 5.21. The van der Waals surface area contributed by atoms with Gasteiger partial charge in [-0.05, 0) is 32.0 Å². The highest BCUT2D eigenvalue weighted by molar-refractivity contribution is 6.00. The second-order valence-electron chi connectivity index (χ2n) is 3.68. The van der Waals surface area contributed by atoms with Crippen LogP contribution in [0.4, 0.5) is 5.69 Å². The number of esters is 1. The maximum atomic E-state index is 11.5. The van der Waals surface area contributed by atoms with E-state index in [1.807, 2.05) is 13.0 Å². The van der Waals surface area contributed by atoms with Crippen molar-refractivity contribution in [3.63, 3.8) is 0 Å². The second kappa shape index (κ2) is 7.87. The summed E-state index contributed by atoms with van der Waals surface area (Å²) in [5.74, 6) is -0.651. The minimum absolute atomic E-state index is 0.251. The summed E-state index contributed by atoms with van der Waals surface area (Å²) in [7, 11) is 0. The molecule has 0 bridgehead atoms. The number of benzene rings is 1. The van der Waals surface area contributed by atoms with Crippen LogP contribution in [-0.4, -0.2) is 18.5 Å². The molecule has 0 spiro atoms. The van der Waals surface area contributed by atoms with Gasteiger partial charge in [0.05, 0.1) is 12.2 Å². The van der Waals surface area contributed by atoms with Crippen LogP contribution in [0.5, 0.6) is 0 Å². The normalized spacial score (nSPS) is 10.8. The lowest BCUT2D eigenvalue weighted by molar-refractivity contribution is -0.111. The van der Waals surface area contributed by atoms with E-state index in [1.54, 1.807) is 43.3 Å². The molecule has 100 valence electrons. The van der Waals surface area contributed by atoms with Crippen molar-refractivity contribution in [3.05, 3.63) is 54.1 Å². The quantitative estimate of drug-likeness (QED) is 0.502. The van der Waals surface area contributed by atoms with Crippen molar-refractivity contribution in [2.24, 2.45) is 0 Å². The number of ether oxygens (including phenoxy) is 1. The third-order valence-electron chi connectivity index (χ3n) is 2.19. The van der Waals surface area contributed by atoms with Crippen LogP contribution >= 0.6 is 0 Å². The molecule has 4 heteroatoms. The van der Waals surface area contributed by atoms with Gasteiger partial charge in [0.2, 0.25) is 5.91 Å². The highest BCUT2D eigenvalue weighted by Gasteiger charge is 2.07. The van der Waals surface area contributed by atoms with Gasteiger partial charge >= 0.3 is 5.97 Å². The maximum absolute atomic E-state index is 11.5. The van der Waals surface area contributed by atoms with E-state index >= 15 is 0 Å². The average Bonchev–Trinajstić information content (AvgIpc) is 2.39. The fourth-order valence-electron chi connectivity index (χ4n) is 1.38. The minimum atomic E-state index is -0.400. The van der Waals surface area contributed by atoms with E-state index in [-0.39, 0.29) is 5.91 Å². The number of carbonyl (C=O) groups excluding carboxylic acids is 2. The molecule has 0 aromatic heterocycles. The molecule has 0 fully saturated rings. The van der Waals surface area contributed by atoms with E-state index in [1.165, 1.54) is 6.08 Å². The van der Waals surface area contributed by atoms with Gasteiger partial charge in [0.15, 0.2) is 0 Å². The average molecular weight is 259 g/mol. The van der Waals surface area contributed by atoms with Gasteiger partial charge < -0.3 is 10.1 Å². The first-order chi connectivity index (χ1) is 9.17. The Morgan fingerprint density at radius 2 is 2.11 bits per heavy atom. The summed E-state index contributed by atoms with van der Waals surface area (Å²) in [6.45, 7) is 3.93.